The van der Waals surface area contributed by atoms with E-state index < -0.39 is 11.8 Å². The molecule has 0 unspecified atom stereocenters. The number of aromatic nitrogens is 3. The average molecular weight is 423 g/mol. The zero-order valence-corrected chi connectivity index (χ0v) is 16.9. The standard InChI is InChI=1S/C20H17N5O4S/c1-3-25-20(28)13-8-5-4-7-12(13)16(24-25)18(27)23-22-17(26)15-11(2)29-19(21-15)14-9-6-10-30-14/h4-10H,3H2,1-2H3,(H,22,26)(H,23,27). The SMILES string of the molecule is CCn1nc(C(=O)NNC(=O)c2nc(-c3cccs3)oc2C)c2ccccc2c1=O. The zero-order valence-electron chi connectivity index (χ0n) is 16.1. The normalized spacial score (nSPS) is 10.9. The number of thiophene rings is 1. The highest BCUT2D eigenvalue weighted by atomic mass is 32.1. The molecular formula is C20H17N5O4S. The van der Waals surface area contributed by atoms with E-state index in [9.17, 15) is 14.4 Å². The molecule has 10 heteroatoms. The van der Waals surface area contributed by atoms with Crippen LogP contribution in [0.15, 0.2) is 51.0 Å². The third-order valence-corrected chi connectivity index (χ3v) is 5.27. The lowest BCUT2D eigenvalue weighted by atomic mass is 10.1. The number of carbonyl (C=O) groups excluding carboxylic acids is 2. The largest absolute Gasteiger partial charge is 0.440 e. The molecule has 4 rings (SSSR count). The minimum Gasteiger partial charge on any atom is -0.440 e. The second kappa shape index (κ2) is 7.91. The summed E-state index contributed by atoms with van der Waals surface area (Å²) in [5.41, 5.74) is 4.48. The number of nitrogens with zero attached hydrogens (tertiary/aromatic N) is 3. The predicted molar refractivity (Wildman–Crippen MR) is 111 cm³/mol. The molecule has 1 aromatic carbocycles. The van der Waals surface area contributed by atoms with Crippen LogP contribution in [0, 0.1) is 6.92 Å². The molecule has 0 aliphatic heterocycles. The molecule has 0 fully saturated rings. The van der Waals surface area contributed by atoms with E-state index in [1.165, 1.54) is 16.0 Å². The van der Waals surface area contributed by atoms with Crippen molar-refractivity contribution in [2.75, 3.05) is 0 Å². The van der Waals surface area contributed by atoms with Crippen LogP contribution in [0.4, 0.5) is 0 Å². The fourth-order valence-electron chi connectivity index (χ4n) is 2.96. The van der Waals surface area contributed by atoms with E-state index in [0.29, 0.717) is 29.0 Å². The number of carbonyl (C=O) groups is 2. The third-order valence-electron chi connectivity index (χ3n) is 4.42. The summed E-state index contributed by atoms with van der Waals surface area (Å²) < 4.78 is 6.75. The molecule has 0 aliphatic carbocycles. The Morgan fingerprint density at radius 2 is 1.77 bits per heavy atom. The summed E-state index contributed by atoms with van der Waals surface area (Å²) in [6.45, 7) is 3.68. The highest BCUT2D eigenvalue weighted by molar-refractivity contribution is 7.13. The lowest BCUT2D eigenvalue weighted by Gasteiger charge is -2.10. The Kier molecular flexibility index (Phi) is 5.15. The number of rotatable bonds is 4. The van der Waals surface area contributed by atoms with Gasteiger partial charge < -0.3 is 4.42 Å². The second-order valence-corrected chi connectivity index (χ2v) is 7.27. The number of hydrogen-bond donors (Lipinski definition) is 2. The molecule has 3 aromatic heterocycles. The lowest BCUT2D eigenvalue weighted by molar-refractivity contribution is 0.0840. The molecule has 0 spiro atoms. The van der Waals surface area contributed by atoms with Gasteiger partial charge in [0.25, 0.3) is 17.4 Å². The van der Waals surface area contributed by atoms with E-state index in [1.54, 1.807) is 38.1 Å². The summed E-state index contributed by atoms with van der Waals surface area (Å²) in [5.74, 6) is -0.614. The Morgan fingerprint density at radius 3 is 2.43 bits per heavy atom. The molecule has 9 nitrogen and oxygen atoms in total. The first-order valence-corrected chi connectivity index (χ1v) is 9.99. The number of fused-ring (bicyclic) bond motifs is 1. The summed E-state index contributed by atoms with van der Waals surface area (Å²) >= 11 is 1.44. The van der Waals surface area contributed by atoms with Gasteiger partial charge in [0.1, 0.15) is 5.76 Å². The molecule has 152 valence electrons. The van der Waals surface area contributed by atoms with Crippen LogP contribution in [0.25, 0.3) is 21.5 Å². The van der Waals surface area contributed by atoms with Gasteiger partial charge >= 0.3 is 0 Å². The quantitative estimate of drug-likeness (QED) is 0.487. The molecule has 0 radical (unpaired) electrons. The third kappa shape index (κ3) is 3.48. The van der Waals surface area contributed by atoms with Crippen LogP contribution < -0.4 is 16.4 Å². The fourth-order valence-corrected chi connectivity index (χ4v) is 3.61. The number of hydrogen-bond acceptors (Lipinski definition) is 7. The molecule has 2 N–H and O–H groups in total. The first kappa shape index (κ1) is 19.5. The zero-order chi connectivity index (χ0) is 21.3. The van der Waals surface area contributed by atoms with E-state index in [-0.39, 0.29) is 16.9 Å². The summed E-state index contributed by atoms with van der Waals surface area (Å²) in [5, 5.41) is 6.78. The second-order valence-electron chi connectivity index (χ2n) is 6.32. The molecule has 0 bridgehead atoms. The predicted octanol–water partition coefficient (Wildman–Crippen LogP) is 2.52. The van der Waals surface area contributed by atoms with Gasteiger partial charge in [-0.3, -0.25) is 25.2 Å². The van der Waals surface area contributed by atoms with Gasteiger partial charge in [-0.2, -0.15) is 5.10 Å². The van der Waals surface area contributed by atoms with Crippen LogP contribution in [-0.2, 0) is 6.54 Å². The molecule has 2 amide bonds. The van der Waals surface area contributed by atoms with Crippen molar-refractivity contribution in [3.63, 3.8) is 0 Å². The summed E-state index contributed by atoms with van der Waals surface area (Å²) in [6.07, 6.45) is 0. The van der Waals surface area contributed by atoms with E-state index in [0.717, 1.165) is 4.88 Å². The van der Waals surface area contributed by atoms with E-state index in [2.05, 4.69) is 20.9 Å². The van der Waals surface area contributed by atoms with Crippen molar-refractivity contribution in [2.24, 2.45) is 0 Å². The topological polar surface area (TPSA) is 119 Å². The van der Waals surface area contributed by atoms with Gasteiger partial charge in [0, 0.05) is 11.9 Å². The molecule has 0 aliphatic rings. The molecule has 30 heavy (non-hydrogen) atoms. The molecule has 0 saturated carbocycles. The Morgan fingerprint density at radius 1 is 1.07 bits per heavy atom. The summed E-state index contributed by atoms with van der Waals surface area (Å²) in [6, 6.07) is 10.4. The Hall–Kier alpha value is -3.79. The number of oxazole rings is 1. The Bertz CT molecular complexity index is 1310. The maximum atomic E-state index is 12.7. The molecule has 4 aromatic rings. The van der Waals surface area contributed by atoms with Crippen LogP contribution in [0.2, 0.25) is 0 Å². The van der Waals surface area contributed by atoms with Crippen LogP contribution in [0.3, 0.4) is 0 Å². The minimum atomic E-state index is -0.652. The van der Waals surface area contributed by atoms with Crippen molar-refractivity contribution in [1.82, 2.24) is 25.6 Å². The monoisotopic (exact) mass is 423 g/mol. The summed E-state index contributed by atoms with van der Waals surface area (Å²) in [4.78, 5) is 42.6. The van der Waals surface area contributed by atoms with E-state index in [1.807, 2.05) is 17.5 Å². The van der Waals surface area contributed by atoms with Crippen molar-refractivity contribution in [1.29, 1.82) is 0 Å². The highest BCUT2D eigenvalue weighted by Gasteiger charge is 2.21. The number of hydrazine groups is 1. The lowest BCUT2D eigenvalue weighted by Crippen LogP contribution is -2.43. The van der Waals surface area contributed by atoms with Crippen molar-refractivity contribution in [3.05, 3.63) is 69.3 Å². The Balaban J connectivity index is 1.57. The van der Waals surface area contributed by atoms with Crippen molar-refractivity contribution in [2.45, 2.75) is 20.4 Å². The van der Waals surface area contributed by atoms with Crippen molar-refractivity contribution >= 4 is 33.9 Å². The van der Waals surface area contributed by atoms with Crippen LogP contribution in [0.5, 0.6) is 0 Å². The molecule has 0 atom stereocenters. The van der Waals surface area contributed by atoms with E-state index >= 15 is 0 Å². The number of amides is 2. The summed E-state index contributed by atoms with van der Waals surface area (Å²) in [7, 11) is 0. The van der Waals surface area contributed by atoms with Gasteiger partial charge in [0.05, 0.1) is 10.3 Å². The fraction of sp³-hybridized carbons (Fsp3) is 0.150. The highest BCUT2D eigenvalue weighted by Crippen LogP contribution is 2.25. The van der Waals surface area contributed by atoms with Gasteiger partial charge in [-0.05, 0) is 31.4 Å². The molecule has 3 heterocycles. The minimum absolute atomic E-state index is 0.0310. The Labute approximate surface area is 174 Å². The van der Waals surface area contributed by atoms with Crippen molar-refractivity contribution < 1.29 is 14.0 Å². The van der Waals surface area contributed by atoms with Gasteiger partial charge in [0.15, 0.2) is 11.4 Å². The van der Waals surface area contributed by atoms with Crippen molar-refractivity contribution in [3.8, 4) is 10.8 Å². The van der Waals surface area contributed by atoms with Gasteiger partial charge in [-0.25, -0.2) is 9.67 Å². The van der Waals surface area contributed by atoms with Crippen LogP contribution in [0.1, 0.15) is 33.7 Å². The van der Waals surface area contributed by atoms with Gasteiger partial charge in [0.2, 0.25) is 5.89 Å². The number of nitrogens with one attached hydrogen (secondary N) is 2. The first-order chi connectivity index (χ1) is 14.5. The van der Waals surface area contributed by atoms with Gasteiger partial charge in [-0.15, -0.1) is 11.3 Å². The van der Waals surface area contributed by atoms with Gasteiger partial charge in [-0.1, -0.05) is 24.3 Å². The average Bonchev–Trinajstić information content (AvgIpc) is 3.42. The maximum absolute atomic E-state index is 12.7. The number of benzene rings is 1. The molecular weight excluding hydrogens is 406 g/mol. The number of aryl methyl sites for hydroxylation is 2. The molecule has 0 saturated heterocycles. The first-order valence-electron chi connectivity index (χ1n) is 9.11. The van der Waals surface area contributed by atoms with Crippen LogP contribution >= 0.6 is 11.3 Å². The smallest absolute Gasteiger partial charge is 0.291 e. The maximum Gasteiger partial charge on any atom is 0.291 e. The van der Waals surface area contributed by atoms with E-state index in [4.69, 9.17) is 4.42 Å². The van der Waals surface area contributed by atoms with Crippen LogP contribution in [-0.4, -0.2) is 26.6 Å².